The largest absolute Gasteiger partial charge is 0.478 e. The minimum atomic E-state index is -0.137. The summed E-state index contributed by atoms with van der Waals surface area (Å²) >= 11 is 0. The van der Waals surface area contributed by atoms with Crippen LogP contribution in [0.25, 0.3) is 5.65 Å². The molecule has 1 N–H and O–H groups in total. The topological polar surface area (TPSA) is 98.7 Å². The first-order valence-electron chi connectivity index (χ1n) is 10.3. The predicted octanol–water partition coefficient (Wildman–Crippen LogP) is 1.58. The van der Waals surface area contributed by atoms with Crippen LogP contribution in [-0.4, -0.2) is 54.7 Å². The highest BCUT2D eigenvalue weighted by molar-refractivity contribution is 5.87. The molecule has 0 saturated carbocycles. The third kappa shape index (κ3) is 3.80. The van der Waals surface area contributed by atoms with E-state index in [0.29, 0.717) is 49.0 Å². The Morgan fingerprint density at radius 2 is 2.19 bits per heavy atom. The minimum Gasteiger partial charge on any atom is -0.478 e. The fraction of sp³-hybridized carbons (Fsp3) is 0.429. The fourth-order valence-electron chi connectivity index (χ4n) is 4.09. The van der Waals surface area contributed by atoms with Crippen molar-refractivity contribution in [1.82, 2.24) is 28.6 Å². The monoisotopic (exact) mass is 425 g/mol. The lowest BCUT2D eigenvalue weighted by molar-refractivity contribution is -0.125. The quantitative estimate of drug-likeness (QED) is 0.577. The molecule has 3 aromatic rings. The molecule has 10 heteroatoms. The zero-order valence-electron chi connectivity index (χ0n) is 18.0. The molecule has 1 aliphatic heterocycles. The Kier molecular flexibility index (Phi) is 5.53. The molecular weight excluding hydrogens is 398 g/mol. The summed E-state index contributed by atoms with van der Waals surface area (Å²) < 4.78 is 10.3. The molecule has 3 aromatic heterocycles. The Morgan fingerprint density at radius 3 is 2.90 bits per heavy atom. The van der Waals surface area contributed by atoms with Gasteiger partial charge in [0, 0.05) is 44.8 Å². The number of carbonyl (C=O) groups excluding carboxylic acids is 1. The maximum Gasteiger partial charge on any atom is 0.334 e. The Morgan fingerprint density at radius 1 is 1.39 bits per heavy atom. The molecule has 164 valence electrons. The zero-order valence-corrected chi connectivity index (χ0v) is 18.0. The Balaban J connectivity index is 1.72. The number of fused-ring (bicyclic) bond motifs is 1. The van der Waals surface area contributed by atoms with Gasteiger partial charge >= 0.3 is 5.69 Å². The standard InChI is InChI=1S/C21H27N7O3/c1-5-15-9-22-19-16(23-17-12-25(3)24-20(17)31-4)13-27(21(30)28(15)19)11-14-7-8-26(10-14)18(29)6-2/h6,9,12-14,23H,2,5,7-8,10-11H2,1,3-4H3. The fourth-order valence-corrected chi connectivity index (χ4v) is 4.09. The number of likely N-dealkylation sites (tertiary alicyclic amines) is 1. The molecule has 10 nitrogen and oxygen atoms in total. The maximum absolute atomic E-state index is 13.3. The van der Waals surface area contributed by atoms with E-state index in [4.69, 9.17) is 4.74 Å². The average Bonchev–Trinajstić information content (AvgIpc) is 3.48. The first-order valence-corrected chi connectivity index (χ1v) is 10.3. The third-order valence-corrected chi connectivity index (χ3v) is 5.64. The van der Waals surface area contributed by atoms with Gasteiger partial charge in [-0.05, 0) is 24.8 Å². The van der Waals surface area contributed by atoms with Crippen LogP contribution in [0.2, 0.25) is 0 Å². The number of imidazole rings is 1. The molecule has 1 unspecified atom stereocenters. The van der Waals surface area contributed by atoms with Crippen LogP contribution in [0.1, 0.15) is 19.0 Å². The van der Waals surface area contributed by atoms with Gasteiger partial charge < -0.3 is 15.0 Å². The molecule has 4 heterocycles. The summed E-state index contributed by atoms with van der Waals surface area (Å²) in [6, 6.07) is 0. The lowest BCUT2D eigenvalue weighted by atomic mass is 10.1. The number of hydrogen-bond acceptors (Lipinski definition) is 6. The van der Waals surface area contributed by atoms with E-state index >= 15 is 0 Å². The molecule has 1 amide bonds. The first-order chi connectivity index (χ1) is 14.9. The molecule has 0 spiro atoms. The van der Waals surface area contributed by atoms with Crippen LogP contribution in [0.3, 0.4) is 0 Å². The molecule has 31 heavy (non-hydrogen) atoms. The molecule has 0 bridgehead atoms. The number of hydrogen-bond donors (Lipinski definition) is 1. The molecule has 0 aliphatic carbocycles. The van der Waals surface area contributed by atoms with Gasteiger partial charge in [0.15, 0.2) is 5.65 Å². The number of nitrogens with zero attached hydrogens (tertiary/aromatic N) is 6. The van der Waals surface area contributed by atoms with Crippen molar-refractivity contribution in [3.63, 3.8) is 0 Å². The number of rotatable bonds is 7. The second-order valence-electron chi connectivity index (χ2n) is 7.73. The van der Waals surface area contributed by atoms with E-state index in [9.17, 15) is 9.59 Å². The van der Waals surface area contributed by atoms with Crippen molar-refractivity contribution in [2.75, 3.05) is 25.5 Å². The third-order valence-electron chi connectivity index (χ3n) is 5.64. The van der Waals surface area contributed by atoms with Gasteiger partial charge in [0.2, 0.25) is 5.91 Å². The number of carbonyl (C=O) groups is 1. The number of anilines is 2. The average molecular weight is 425 g/mol. The number of nitrogens with one attached hydrogen (secondary N) is 1. The summed E-state index contributed by atoms with van der Waals surface area (Å²) in [5.41, 5.74) is 2.62. The zero-order chi connectivity index (χ0) is 22.1. The van der Waals surface area contributed by atoms with Gasteiger partial charge in [-0.25, -0.2) is 14.2 Å². The van der Waals surface area contributed by atoms with Crippen molar-refractivity contribution in [3.8, 4) is 5.88 Å². The second kappa shape index (κ2) is 8.29. The summed E-state index contributed by atoms with van der Waals surface area (Å²) in [5, 5.41) is 7.60. The number of ether oxygens (including phenoxy) is 1. The predicted molar refractivity (Wildman–Crippen MR) is 117 cm³/mol. The highest BCUT2D eigenvalue weighted by Crippen LogP contribution is 2.28. The van der Waals surface area contributed by atoms with Crippen LogP contribution in [0.15, 0.2) is 36.0 Å². The Labute approximate surface area is 179 Å². The van der Waals surface area contributed by atoms with Crippen molar-refractivity contribution in [2.24, 2.45) is 13.0 Å². The number of aromatic nitrogens is 5. The van der Waals surface area contributed by atoms with Crippen molar-refractivity contribution in [2.45, 2.75) is 26.3 Å². The van der Waals surface area contributed by atoms with Gasteiger partial charge in [-0.3, -0.25) is 14.0 Å². The smallest absolute Gasteiger partial charge is 0.334 e. The molecule has 1 saturated heterocycles. The minimum absolute atomic E-state index is 0.0702. The van der Waals surface area contributed by atoms with E-state index in [2.05, 4.69) is 22.0 Å². The summed E-state index contributed by atoms with van der Waals surface area (Å²) in [7, 11) is 3.37. The lowest BCUT2D eigenvalue weighted by Gasteiger charge is -2.17. The molecule has 1 fully saturated rings. The molecular formula is C21H27N7O3. The van der Waals surface area contributed by atoms with Gasteiger partial charge in [0.05, 0.1) is 19.0 Å². The molecule has 0 radical (unpaired) electrons. The van der Waals surface area contributed by atoms with Crippen LogP contribution < -0.4 is 15.7 Å². The number of methoxy groups -OCH3 is 1. The molecule has 1 aliphatic rings. The molecule has 4 rings (SSSR count). The van der Waals surface area contributed by atoms with Crippen LogP contribution in [-0.2, 0) is 24.8 Å². The van der Waals surface area contributed by atoms with E-state index in [1.165, 1.54) is 6.08 Å². The Hall–Kier alpha value is -3.56. The van der Waals surface area contributed by atoms with Gasteiger partial charge in [0.25, 0.3) is 5.88 Å². The van der Waals surface area contributed by atoms with Crippen LogP contribution in [0, 0.1) is 5.92 Å². The second-order valence-corrected chi connectivity index (χ2v) is 7.73. The van der Waals surface area contributed by atoms with Crippen molar-refractivity contribution >= 4 is 22.9 Å². The highest BCUT2D eigenvalue weighted by atomic mass is 16.5. The van der Waals surface area contributed by atoms with Gasteiger partial charge in [-0.1, -0.05) is 13.5 Å². The van der Waals surface area contributed by atoms with E-state index in [1.807, 2.05) is 20.2 Å². The summed E-state index contributed by atoms with van der Waals surface area (Å²) in [5.74, 6) is 0.572. The summed E-state index contributed by atoms with van der Waals surface area (Å²) in [6.45, 7) is 7.35. The first kappa shape index (κ1) is 20.7. The SMILES string of the molecule is C=CC(=O)N1CCC(Cn2cc(Nc3cn(C)nc3OC)c3ncc(CC)n3c2=O)C1. The van der Waals surface area contributed by atoms with Crippen molar-refractivity contribution < 1.29 is 9.53 Å². The van der Waals surface area contributed by atoms with Gasteiger partial charge in [0.1, 0.15) is 5.69 Å². The van der Waals surface area contributed by atoms with Gasteiger partial charge in [-0.2, -0.15) is 0 Å². The molecule has 0 aromatic carbocycles. The van der Waals surface area contributed by atoms with Crippen LogP contribution >= 0.6 is 0 Å². The maximum atomic E-state index is 13.3. The lowest BCUT2D eigenvalue weighted by Crippen LogP contribution is -2.32. The Bertz CT molecular complexity index is 1190. The van der Waals surface area contributed by atoms with Gasteiger partial charge in [-0.15, -0.1) is 5.10 Å². The highest BCUT2D eigenvalue weighted by Gasteiger charge is 2.26. The van der Waals surface area contributed by atoms with Crippen molar-refractivity contribution in [3.05, 3.63) is 47.4 Å². The molecule has 1 atom stereocenters. The van der Waals surface area contributed by atoms with E-state index in [1.54, 1.807) is 38.1 Å². The summed E-state index contributed by atoms with van der Waals surface area (Å²) in [4.78, 5) is 31.5. The summed E-state index contributed by atoms with van der Waals surface area (Å²) in [6.07, 6.45) is 8.18. The van der Waals surface area contributed by atoms with Crippen LogP contribution in [0.5, 0.6) is 5.88 Å². The van der Waals surface area contributed by atoms with Crippen LogP contribution in [0.4, 0.5) is 11.4 Å². The normalized spacial score (nSPS) is 16.1. The number of aryl methyl sites for hydroxylation is 2. The van der Waals surface area contributed by atoms with E-state index in [-0.39, 0.29) is 17.5 Å². The van der Waals surface area contributed by atoms with Crippen molar-refractivity contribution in [1.29, 1.82) is 0 Å². The van der Waals surface area contributed by atoms with E-state index in [0.717, 1.165) is 12.1 Å². The van der Waals surface area contributed by atoms with E-state index < -0.39 is 0 Å². The number of amides is 1.